The van der Waals surface area contributed by atoms with Gasteiger partial charge in [-0.15, -0.1) is 0 Å². The van der Waals surface area contributed by atoms with E-state index in [1.165, 1.54) is 25.1 Å². The lowest BCUT2D eigenvalue weighted by atomic mass is 10.0. The van der Waals surface area contributed by atoms with Crippen LogP contribution in [0.4, 0.5) is 18.9 Å². The number of hydrogen-bond acceptors (Lipinski definition) is 4. The molecule has 0 saturated carbocycles. The minimum atomic E-state index is -4.54. The van der Waals surface area contributed by atoms with Crippen LogP contribution in [0.3, 0.4) is 0 Å². The minimum absolute atomic E-state index is 0.116. The van der Waals surface area contributed by atoms with Crippen LogP contribution in [0.1, 0.15) is 30.5 Å². The van der Waals surface area contributed by atoms with Gasteiger partial charge in [-0.2, -0.15) is 18.4 Å². The summed E-state index contributed by atoms with van der Waals surface area (Å²) in [5.41, 5.74) is 0.708. The Morgan fingerprint density at radius 2 is 1.87 bits per heavy atom. The number of alkyl halides is 3. The normalized spacial score (nSPS) is 11.9. The molecule has 0 radical (unpaired) electrons. The zero-order valence-corrected chi connectivity index (χ0v) is 16.5. The van der Waals surface area contributed by atoms with Gasteiger partial charge in [-0.05, 0) is 35.9 Å². The molecule has 6 nitrogen and oxygen atoms in total. The van der Waals surface area contributed by atoms with Crippen LogP contribution in [0.2, 0.25) is 5.02 Å². The molecule has 0 heterocycles. The summed E-state index contributed by atoms with van der Waals surface area (Å²) in [5, 5.41) is 14.9. The highest BCUT2D eigenvalue weighted by molar-refractivity contribution is 6.30. The molecule has 30 heavy (non-hydrogen) atoms. The van der Waals surface area contributed by atoms with Gasteiger partial charge in [-0.3, -0.25) is 9.59 Å². The van der Waals surface area contributed by atoms with Gasteiger partial charge in [-0.1, -0.05) is 23.7 Å². The van der Waals surface area contributed by atoms with Crippen molar-refractivity contribution in [3.63, 3.8) is 0 Å². The molecule has 2 N–H and O–H groups in total. The number of nitrogens with zero attached hydrogens (tertiary/aromatic N) is 1. The molecule has 0 fully saturated rings. The van der Waals surface area contributed by atoms with Gasteiger partial charge in [0.2, 0.25) is 11.8 Å². The number of carbonyl (C=O) groups is 2. The van der Waals surface area contributed by atoms with Crippen LogP contribution in [-0.4, -0.2) is 24.6 Å². The van der Waals surface area contributed by atoms with Crippen LogP contribution in [0.25, 0.3) is 0 Å². The van der Waals surface area contributed by atoms with E-state index >= 15 is 0 Å². The molecule has 0 aromatic heterocycles. The highest BCUT2D eigenvalue weighted by Crippen LogP contribution is 2.26. The van der Waals surface area contributed by atoms with Crippen molar-refractivity contribution >= 4 is 29.1 Å². The van der Waals surface area contributed by atoms with Crippen molar-refractivity contribution in [1.29, 1.82) is 5.26 Å². The smallest absolute Gasteiger partial charge is 0.422 e. The Morgan fingerprint density at radius 3 is 2.43 bits per heavy atom. The Morgan fingerprint density at radius 1 is 1.20 bits per heavy atom. The molecule has 0 bridgehead atoms. The predicted molar refractivity (Wildman–Crippen MR) is 104 cm³/mol. The Bertz CT molecular complexity index is 956. The molecule has 2 rings (SSSR count). The lowest BCUT2D eigenvalue weighted by molar-refractivity contribution is -0.153. The van der Waals surface area contributed by atoms with E-state index in [0.717, 1.165) is 0 Å². The topological polar surface area (TPSA) is 91.2 Å². The molecule has 0 spiro atoms. The molecule has 2 aromatic carbocycles. The Hall–Kier alpha value is -3.25. The number of hydrogen-bond donors (Lipinski definition) is 2. The molecule has 1 atom stereocenters. The number of nitriles is 1. The number of benzene rings is 2. The SMILES string of the molecule is CC(=O)NC(CC(=O)Nc1ccc(OCC(F)(F)F)c(C#N)c1)c1ccc(Cl)cc1. The van der Waals surface area contributed by atoms with Crippen molar-refractivity contribution in [3.05, 3.63) is 58.6 Å². The number of ether oxygens (including phenoxy) is 1. The second-order valence-electron chi connectivity index (χ2n) is 6.28. The first-order valence-electron chi connectivity index (χ1n) is 8.63. The molecular formula is C20H17ClF3N3O3. The first-order chi connectivity index (χ1) is 14.1. The van der Waals surface area contributed by atoms with Gasteiger partial charge in [0.15, 0.2) is 6.61 Å². The Balaban J connectivity index is 2.10. The number of anilines is 1. The molecular weight excluding hydrogens is 423 g/mol. The first-order valence-corrected chi connectivity index (χ1v) is 9.01. The monoisotopic (exact) mass is 439 g/mol. The molecule has 2 amide bonds. The summed E-state index contributed by atoms with van der Waals surface area (Å²) in [5.74, 6) is -1.05. The predicted octanol–water partition coefficient (Wildman–Crippen LogP) is 4.36. The van der Waals surface area contributed by atoms with E-state index in [1.54, 1.807) is 30.3 Å². The summed E-state index contributed by atoms with van der Waals surface area (Å²) in [6, 6.07) is 11.4. The number of amides is 2. The second-order valence-corrected chi connectivity index (χ2v) is 6.72. The van der Waals surface area contributed by atoms with E-state index in [9.17, 15) is 22.8 Å². The summed E-state index contributed by atoms with van der Waals surface area (Å²) in [6.45, 7) is -0.216. The average Bonchev–Trinajstić information content (AvgIpc) is 2.65. The highest BCUT2D eigenvalue weighted by atomic mass is 35.5. The Kier molecular flexibility index (Phi) is 7.66. The number of carbonyl (C=O) groups excluding carboxylic acids is 2. The summed E-state index contributed by atoms with van der Waals surface area (Å²) in [7, 11) is 0. The van der Waals surface area contributed by atoms with Crippen LogP contribution in [0.5, 0.6) is 5.75 Å². The average molecular weight is 440 g/mol. The fourth-order valence-electron chi connectivity index (χ4n) is 2.57. The standard InChI is InChI=1S/C20H17ClF3N3O3/c1-12(28)26-17(13-2-4-15(21)5-3-13)9-19(29)27-16-6-7-18(14(8-16)10-25)30-11-20(22,23)24/h2-8,17H,9,11H2,1H3,(H,26,28)(H,27,29). The summed E-state index contributed by atoms with van der Waals surface area (Å²) >= 11 is 5.86. The van der Waals surface area contributed by atoms with Crippen LogP contribution < -0.4 is 15.4 Å². The van der Waals surface area contributed by atoms with Crippen molar-refractivity contribution in [1.82, 2.24) is 5.32 Å². The van der Waals surface area contributed by atoms with Gasteiger partial charge in [0, 0.05) is 17.6 Å². The number of halogens is 4. The largest absolute Gasteiger partial charge is 0.483 e. The number of nitrogens with one attached hydrogen (secondary N) is 2. The van der Waals surface area contributed by atoms with Gasteiger partial charge in [0.05, 0.1) is 18.0 Å². The fraction of sp³-hybridized carbons (Fsp3) is 0.250. The molecule has 0 saturated heterocycles. The molecule has 1 unspecified atom stereocenters. The quantitative estimate of drug-likeness (QED) is 0.670. The zero-order valence-electron chi connectivity index (χ0n) is 15.7. The first kappa shape index (κ1) is 23.0. The van der Waals surface area contributed by atoms with Crippen LogP contribution in [-0.2, 0) is 9.59 Å². The van der Waals surface area contributed by atoms with E-state index in [-0.39, 0.29) is 29.3 Å². The van der Waals surface area contributed by atoms with Gasteiger partial charge in [-0.25, -0.2) is 0 Å². The van der Waals surface area contributed by atoms with Crippen molar-refractivity contribution in [2.24, 2.45) is 0 Å². The maximum atomic E-state index is 12.4. The van der Waals surface area contributed by atoms with Crippen molar-refractivity contribution in [2.75, 3.05) is 11.9 Å². The highest BCUT2D eigenvalue weighted by Gasteiger charge is 2.29. The second kappa shape index (κ2) is 9.98. The molecule has 10 heteroatoms. The Labute approximate surface area is 175 Å². The van der Waals surface area contributed by atoms with E-state index in [1.807, 2.05) is 0 Å². The fourth-order valence-corrected chi connectivity index (χ4v) is 2.70. The molecule has 0 aliphatic heterocycles. The molecule has 158 valence electrons. The van der Waals surface area contributed by atoms with Crippen LogP contribution in [0, 0.1) is 11.3 Å². The molecule has 2 aromatic rings. The lowest BCUT2D eigenvalue weighted by Gasteiger charge is -2.18. The van der Waals surface area contributed by atoms with Crippen molar-refractivity contribution in [3.8, 4) is 11.8 Å². The third-order valence-electron chi connectivity index (χ3n) is 3.81. The zero-order chi connectivity index (χ0) is 22.3. The summed E-state index contributed by atoms with van der Waals surface area (Å²) in [4.78, 5) is 23.9. The summed E-state index contributed by atoms with van der Waals surface area (Å²) < 4.78 is 41.5. The third kappa shape index (κ3) is 7.29. The van der Waals surface area contributed by atoms with Crippen molar-refractivity contribution < 1.29 is 27.5 Å². The summed E-state index contributed by atoms with van der Waals surface area (Å²) in [6.07, 6.45) is -4.66. The maximum Gasteiger partial charge on any atom is 0.422 e. The van der Waals surface area contributed by atoms with Gasteiger partial charge in [0.1, 0.15) is 11.8 Å². The van der Waals surface area contributed by atoms with Crippen LogP contribution >= 0.6 is 11.6 Å². The molecule has 0 aliphatic rings. The van der Waals surface area contributed by atoms with E-state index in [2.05, 4.69) is 15.4 Å². The van der Waals surface area contributed by atoms with Gasteiger partial charge in [0.25, 0.3) is 0 Å². The lowest BCUT2D eigenvalue weighted by Crippen LogP contribution is -2.29. The minimum Gasteiger partial charge on any atom is -0.483 e. The third-order valence-corrected chi connectivity index (χ3v) is 4.07. The maximum absolute atomic E-state index is 12.4. The van der Waals surface area contributed by atoms with E-state index in [0.29, 0.717) is 10.6 Å². The number of rotatable bonds is 7. The van der Waals surface area contributed by atoms with Gasteiger partial charge < -0.3 is 15.4 Å². The van der Waals surface area contributed by atoms with E-state index in [4.69, 9.17) is 16.9 Å². The van der Waals surface area contributed by atoms with Crippen molar-refractivity contribution in [2.45, 2.75) is 25.6 Å². The van der Waals surface area contributed by atoms with Gasteiger partial charge >= 0.3 is 6.18 Å². The molecule has 0 aliphatic carbocycles. The van der Waals surface area contributed by atoms with Crippen LogP contribution in [0.15, 0.2) is 42.5 Å². The van der Waals surface area contributed by atoms with E-state index < -0.39 is 24.7 Å².